The first kappa shape index (κ1) is 17.8. The molecule has 28 heavy (non-hydrogen) atoms. The topological polar surface area (TPSA) is 89.4 Å². The Hall–Kier alpha value is -3.58. The van der Waals surface area contributed by atoms with Gasteiger partial charge in [-0.1, -0.05) is 11.6 Å². The number of methoxy groups -OCH3 is 1. The van der Waals surface area contributed by atoms with Crippen LogP contribution in [0.5, 0.6) is 23.0 Å². The molecule has 2 aromatic heterocycles. The molecule has 0 aliphatic carbocycles. The molecule has 0 aliphatic rings. The predicted molar refractivity (Wildman–Crippen MR) is 107 cm³/mol. The van der Waals surface area contributed by atoms with Gasteiger partial charge in [0.15, 0.2) is 11.5 Å². The van der Waals surface area contributed by atoms with Crippen molar-refractivity contribution in [2.75, 3.05) is 12.4 Å². The number of aromatic nitrogens is 3. The Bertz CT molecular complexity index is 1140. The summed E-state index contributed by atoms with van der Waals surface area (Å²) in [6.45, 7) is 0. The van der Waals surface area contributed by atoms with Gasteiger partial charge < -0.3 is 19.9 Å². The zero-order chi connectivity index (χ0) is 19.5. The fourth-order valence-electron chi connectivity index (χ4n) is 2.67. The summed E-state index contributed by atoms with van der Waals surface area (Å²) in [5, 5.41) is 14.3. The van der Waals surface area contributed by atoms with E-state index in [0.29, 0.717) is 44.7 Å². The zero-order valence-electron chi connectivity index (χ0n) is 14.8. The molecule has 0 aliphatic heterocycles. The first-order chi connectivity index (χ1) is 13.6. The Kier molecular flexibility index (Phi) is 4.82. The van der Waals surface area contributed by atoms with Crippen LogP contribution in [0.25, 0.3) is 10.9 Å². The van der Waals surface area contributed by atoms with E-state index in [1.807, 2.05) is 6.07 Å². The minimum atomic E-state index is 0.00565. The van der Waals surface area contributed by atoms with E-state index in [-0.39, 0.29) is 5.75 Å². The van der Waals surface area contributed by atoms with E-state index in [4.69, 9.17) is 21.1 Å². The fraction of sp³-hybridized carbons (Fsp3) is 0.0500. The van der Waals surface area contributed by atoms with E-state index in [0.717, 1.165) is 0 Å². The molecule has 2 heterocycles. The lowest BCUT2D eigenvalue weighted by Gasteiger charge is -2.12. The van der Waals surface area contributed by atoms with Crippen LogP contribution in [-0.2, 0) is 0 Å². The second-order valence-corrected chi connectivity index (χ2v) is 6.23. The average Bonchev–Trinajstić information content (AvgIpc) is 2.71. The molecule has 140 valence electrons. The lowest BCUT2D eigenvalue weighted by atomic mass is 10.2. The highest BCUT2D eigenvalue weighted by atomic mass is 35.5. The van der Waals surface area contributed by atoms with Gasteiger partial charge in [0.2, 0.25) is 0 Å². The van der Waals surface area contributed by atoms with Crippen LogP contribution in [0, 0.1) is 0 Å². The van der Waals surface area contributed by atoms with Crippen LogP contribution in [0.4, 0.5) is 11.5 Å². The van der Waals surface area contributed by atoms with Crippen molar-refractivity contribution in [1.82, 2.24) is 15.0 Å². The highest BCUT2D eigenvalue weighted by Gasteiger charge is 2.11. The van der Waals surface area contributed by atoms with Crippen LogP contribution in [0.3, 0.4) is 0 Å². The highest BCUT2D eigenvalue weighted by Crippen LogP contribution is 2.35. The van der Waals surface area contributed by atoms with Crippen LogP contribution in [0.2, 0.25) is 5.02 Å². The maximum Gasteiger partial charge on any atom is 0.162 e. The molecule has 0 unspecified atom stereocenters. The second-order valence-electron chi connectivity index (χ2n) is 5.82. The number of fused-ring (bicyclic) bond motifs is 1. The van der Waals surface area contributed by atoms with Gasteiger partial charge in [0.25, 0.3) is 0 Å². The maximum absolute atomic E-state index is 10.1. The summed E-state index contributed by atoms with van der Waals surface area (Å²) in [7, 11) is 1.48. The molecule has 0 bridgehead atoms. The van der Waals surface area contributed by atoms with E-state index < -0.39 is 0 Å². The molecule has 2 N–H and O–H groups in total. The van der Waals surface area contributed by atoms with E-state index in [2.05, 4.69) is 20.3 Å². The number of ether oxygens (including phenoxy) is 2. The van der Waals surface area contributed by atoms with Crippen LogP contribution < -0.4 is 14.8 Å². The third-order valence-electron chi connectivity index (χ3n) is 3.99. The number of anilines is 2. The largest absolute Gasteiger partial charge is 0.504 e. The summed E-state index contributed by atoms with van der Waals surface area (Å²) in [4.78, 5) is 12.5. The third-order valence-corrected chi connectivity index (χ3v) is 4.29. The summed E-state index contributed by atoms with van der Waals surface area (Å²) in [6, 6.07) is 12.1. The van der Waals surface area contributed by atoms with Gasteiger partial charge >= 0.3 is 0 Å². The molecule has 4 rings (SSSR count). The Labute approximate surface area is 165 Å². The summed E-state index contributed by atoms with van der Waals surface area (Å²) in [5.41, 5.74) is 1.34. The van der Waals surface area contributed by atoms with Crippen molar-refractivity contribution in [2.45, 2.75) is 0 Å². The van der Waals surface area contributed by atoms with Gasteiger partial charge in [-0.3, -0.25) is 4.98 Å². The molecule has 0 saturated carbocycles. The molecular weight excluding hydrogens is 380 g/mol. The molecule has 0 saturated heterocycles. The summed E-state index contributed by atoms with van der Waals surface area (Å²) < 4.78 is 10.9. The smallest absolute Gasteiger partial charge is 0.162 e. The molecule has 0 amide bonds. The number of nitrogens with zero attached hydrogens (tertiary/aromatic N) is 3. The van der Waals surface area contributed by atoms with Crippen molar-refractivity contribution in [2.24, 2.45) is 0 Å². The summed E-state index contributed by atoms with van der Waals surface area (Å²) in [5.74, 6) is 1.98. The molecule has 0 atom stereocenters. The third kappa shape index (κ3) is 3.60. The maximum atomic E-state index is 10.1. The number of pyridine rings is 1. The molecule has 7 nitrogen and oxygen atoms in total. The number of phenolic OH excluding ortho intramolecular Hbond substituents is 1. The molecule has 8 heteroatoms. The van der Waals surface area contributed by atoms with Gasteiger partial charge in [-0.15, -0.1) is 0 Å². The van der Waals surface area contributed by atoms with Crippen molar-refractivity contribution in [3.8, 4) is 23.0 Å². The Morgan fingerprint density at radius 3 is 2.71 bits per heavy atom. The number of benzene rings is 2. The van der Waals surface area contributed by atoms with Gasteiger partial charge in [0, 0.05) is 23.3 Å². The van der Waals surface area contributed by atoms with Gasteiger partial charge in [0.05, 0.1) is 23.8 Å². The van der Waals surface area contributed by atoms with E-state index >= 15 is 0 Å². The van der Waals surface area contributed by atoms with Crippen LogP contribution in [-0.4, -0.2) is 27.2 Å². The molecule has 4 aromatic rings. The Balaban J connectivity index is 1.62. The summed E-state index contributed by atoms with van der Waals surface area (Å²) in [6.07, 6.45) is 4.71. The van der Waals surface area contributed by atoms with E-state index in [1.54, 1.807) is 48.8 Å². The average molecular weight is 395 g/mol. The van der Waals surface area contributed by atoms with Crippen LogP contribution >= 0.6 is 11.6 Å². The van der Waals surface area contributed by atoms with Gasteiger partial charge in [-0.2, -0.15) is 0 Å². The van der Waals surface area contributed by atoms with E-state index in [9.17, 15) is 5.11 Å². The number of aromatic hydroxyl groups is 1. The van der Waals surface area contributed by atoms with Gasteiger partial charge in [0.1, 0.15) is 23.6 Å². The minimum Gasteiger partial charge on any atom is -0.504 e. The van der Waals surface area contributed by atoms with Crippen molar-refractivity contribution < 1.29 is 14.6 Å². The normalized spacial score (nSPS) is 10.6. The number of phenols is 1. The van der Waals surface area contributed by atoms with Crippen molar-refractivity contribution >= 4 is 34.0 Å². The molecular formula is C20H15ClN4O3. The first-order valence-electron chi connectivity index (χ1n) is 8.30. The van der Waals surface area contributed by atoms with Crippen molar-refractivity contribution in [3.05, 3.63) is 66.2 Å². The number of halogens is 1. The number of nitrogens with one attached hydrogen (secondary N) is 1. The fourth-order valence-corrected chi connectivity index (χ4v) is 2.89. The monoisotopic (exact) mass is 394 g/mol. The predicted octanol–water partition coefficient (Wildman–Crippen LogP) is 4.93. The molecule has 0 fully saturated rings. The zero-order valence-corrected chi connectivity index (χ0v) is 15.5. The number of rotatable bonds is 5. The summed E-state index contributed by atoms with van der Waals surface area (Å²) >= 11 is 6.35. The minimum absolute atomic E-state index is 0.00565. The highest BCUT2D eigenvalue weighted by molar-refractivity contribution is 6.32. The standard InChI is InChI=1S/C20H15ClN4O3/c1-27-19-9-16-14(8-17(19)26)20(24-11-23-16)25-12-4-5-18(15(21)7-12)28-13-3-2-6-22-10-13/h2-11,26H,1H3,(H,23,24,25). The van der Waals surface area contributed by atoms with Crippen molar-refractivity contribution in [3.63, 3.8) is 0 Å². The van der Waals surface area contributed by atoms with Gasteiger partial charge in [-0.05, 0) is 36.4 Å². The second kappa shape index (κ2) is 7.58. The molecule has 0 spiro atoms. The molecule has 2 aromatic carbocycles. The lowest BCUT2D eigenvalue weighted by Crippen LogP contribution is -1.97. The van der Waals surface area contributed by atoms with Gasteiger partial charge in [-0.25, -0.2) is 9.97 Å². The molecule has 0 radical (unpaired) electrons. The number of hydrogen-bond acceptors (Lipinski definition) is 7. The Morgan fingerprint density at radius 1 is 1.07 bits per heavy atom. The van der Waals surface area contributed by atoms with E-state index in [1.165, 1.54) is 13.4 Å². The van der Waals surface area contributed by atoms with Crippen molar-refractivity contribution in [1.29, 1.82) is 0 Å². The van der Waals surface area contributed by atoms with Crippen LogP contribution in [0.1, 0.15) is 0 Å². The quantitative estimate of drug-likeness (QED) is 0.496. The number of hydrogen-bond donors (Lipinski definition) is 2. The van der Waals surface area contributed by atoms with Crippen LogP contribution in [0.15, 0.2) is 61.2 Å². The SMILES string of the molecule is COc1cc2ncnc(Nc3ccc(Oc4cccnc4)c(Cl)c3)c2cc1O. The Morgan fingerprint density at radius 2 is 1.96 bits per heavy atom. The lowest BCUT2D eigenvalue weighted by molar-refractivity contribution is 0.374. The first-order valence-corrected chi connectivity index (χ1v) is 8.68.